The highest BCUT2D eigenvalue weighted by molar-refractivity contribution is 5.89. The quantitative estimate of drug-likeness (QED) is 0.503. The summed E-state index contributed by atoms with van der Waals surface area (Å²) in [4.78, 5) is 29.0. The van der Waals surface area contributed by atoms with Gasteiger partial charge in [-0.05, 0) is 31.2 Å². The van der Waals surface area contributed by atoms with E-state index in [1.807, 2.05) is 0 Å². The van der Waals surface area contributed by atoms with E-state index in [9.17, 15) is 14.9 Å². The summed E-state index contributed by atoms with van der Waals surface area (Å²) in [7, 11) is 0. The third-order valence-electron chi connectivity index (χ3n) is 2.58. The number of hydrogen-bond acceptors (Lipinski definition) is 8. The fraction of sp³-hybridized carbons (Fsp3) is 0.154. The molecule has 22 heavy (non-hydrogen) atoms. The van der Waals surface area contributed by atoms with Gasteiger partial charge in [0, 0.05) is 0 Å². The van der Waals surface area contributed by atoms with E-state index >= 15 is 0 Å². The van der Waals surface area contributed by atoms with Gasteiger partial charge in [0.15, 0.2) is 0 Å². The largest absolute Gasteiger partial charge is 0.462 e. The molecule has 0 aliphatic rings. The SMILES string of the molecule is CCOC(=O)c1ccc(Oc2ncnc(N)c2[N+](=O)[O-])cc1. The van der Waals surface area contributed by atoms with E-state index in [0.717, 1.165) is 6.33 Å². The molecule has 1 aromatic heterocycles. The summed E-state index contributed by atoms with van der Waals surface area (Å²) in [6, 6.07) is 5.88. The Morgan fingerprint density at radius 2 is 2.00 bits per heavy atom. The number of nitrogen functional groups attached to an aromatic ring is 1. The topological polar surface area (TPSA) is 130 Å². The first-order chi connectivity index (χ1) is 10.5. The lowest BCUT2D eigenvalue weighted by atomic mass is 10.2. The van der Waals surface area contributed by atoms with Crippen molar-refractivity contribution in [1.29, 1.82) is 0 Å². The van der Waals surface area contributed by atoms with Gasteiger partial charge in [0.1, 0.15) is 12.1 Å². The number of anilines is 1. The number of carbonyl (C=O) groups excluding carboxylic acids is 1. The third-order valence-corrected chi connectivity index (χ3v) is 2.58. The van der Waals surface area contributed by atoms with Crippen LogP contribution in [0.5, 0.6) is 11.6 Å². The van der Waals surface area contributed by atoms with Crippen LogP contribution in [0.15, 0.2) is 30.6 Å². The molecule has 1 heterocycles. The highest BCUT2D eigenvalue weighted by atomic mass is 16.6. The molecule has 0 spiro atoms. The van der Waals surface area contributed by atoms with Gasteiger partial charge in [-0.25, -0.2) is 9.78 Å². The van der Waals surface area contributed by atoms with Crippen LogP contribution in [0.4, 0.5) is 11.5 Å². The molecule has 0 amide bonds. The first kappa shape index (κ1) is 15.2. The smallest absolute Gasteiger partial charge is 0.372 e. The Morgan fingerprint density at radius 3 is 2.59 bits per heavy atom. The van der Waals surface area contributed by atoms with Gasteiger partial charge in [-0.3, -0.25) is 10.1 Å². The van der Waals surface area contributed by atoms with Crippen molar-refractivity contribution >= 4 is 17.5 Å². The van der Waals surface area contributed by atoms with Crippen LogP contribution in [0.25, 0.3) is 0 Å². The van der Waals surface area contributed by atoms with Crippen molar-refractivity contribution in [2.24, 2.45) is 0 Å². The molecule has 1 aromatic carbocycles. The fourth-order valence-corrected chi connectivity index (χ4v) is 1.61. The predicted molar refractivity (Wildman–Crippen MR) is 75.6 cm³/mol. The molecule has 2 rings (SSSR count). The molecule has 2 aromatic rings. The number of nitrogens with two attached hydrogens (primary N) is 1. The van der Waals surface area contributed by atoms with Crippen LogP contribution in [0.2, 0.25) is 0 Å². The summed E-state index contributed by atoms with van der Waals surface area (Å²) in [5, 5.41) is 11.0. The van der Waals surface area contributed by atoms with E-state index in [1.54, 1.807) is 6.92 Å². The molecule has 0 fully saturated rings. The number of nitro groups is 1. The Kier molecular flexibility index (Phi) is 4.47. The van der Waals surface area contributed by atoms with Gasteiger partial charge in [0.25, 0.3) is 0 Å². The number of ether oxygens (including phenoxy) is 2. The lowest BCUT2D eigenvalue weighted by Crippen LogP contribution is -2.04. The molecule has 0 aliphatic heterocycles. The van der Waals surface area contributed by atoms with Crippen molar-refractivity contribution in [3.63, 3.8) is 0 Å². The molecular weight excluding hydrogens is 292 g/mol. The van der Waals surface area contributed by atoms with Gasteiger partial charge in [0.2, 0.25) is 5.82 Å². The normalized spacial score (nSPS) is 10.0. The minimum atomic E-state index is -0.725. The Morgan fingerprint density at radius 1 is 1.32 bits per heavy atom. The molecule has 0 bridgehead atoms. The monoisotopic (exact) mass is 304 g/mol. The Hall–Kier alpha value is -3.23. The summed E-state index contributed by atoms with van der Waals surface area (Å²) in [6.45, 7) is 1.97. The van der Waals surface area contributed by atoms with Crippen LogP contribution < -0.4 is 10.5 Å². The van der Waals surface area contributed by atoms with Gasteiger partial charge < -0.3 is 15.2 Å². The number of esters is 1. The van der Waals surface area contributed by atoms with Crippen LogP contribution >= 0.6 is 0 Å². The first-order valence-electron chi connectivity index (χ1n) is 6.22. The number of carbonyl (C=O) groups is 1. The van der Waals surface area contributed by atoms with Gasteiger partial charge in [0.05, 0.1) is 17.1 Å². The molecule has 9 heteroatoms. The van der Waals surface area contributed by atoms with E-state index in [1.165, 1.54) is 24.3 Å². The molecule has 0 radical (unpaired) electrons. The fourth-order valence-electron chi connectivity index (χ4n) is 1.61. The Balaban J connectivity index is 2.23. The minimum absolute atomic E-state index is 0.259. The lowest BCUT2D eigenvalue weighted by Gasteiger charge is -2.06. The summed E-state index contributed by atoms with van der Waals surface area (Å²) in [5.74, 6) is -0.778. The third kappa shape index (κ3) is 3.26. The van der Waals surface area contributed by atoms with Crippen molar-refractivity contribution in [3.8, 4) is 11.6 Å². The summed E-state index contributed by atoms with van der Waals surface area (Å²) in [6.07, 6.45) is 1.06. The number of nitrogens with zero attached hydrogens (tertiary/aromatic N) is 3. The zero-order chi connectivity index (χ0) is 16.1. The molecule has 2 N–H and O–H groups in total. The second kappa shape index (κ2) is 6.48. The highest BCUT2D eigenvalue weighted by Gasteiger charge is 2.23. The number of benzene rings is 1. The maximum absolute atomic E-state index is 11.5. The number of aromatic nitrogens is 2. The van der Waals surface area contributed by atoms with E-state index in [-0.39, 0.29) is 24.1 Å². The molecule has 0 aliphatic carbocycles. The average molecular weight is 304 g/mol. The molecule has 0 atom stereocenters. The zero-order valence-electron chi connectivity index (χ0n) is 11.6. The Bertz CT molecular complexity index is 702. The second-order valence-corrected chi connectivity index (χ2v) is 4.02. The van der Waals surface area contributed by atoms with E-state index in [0.29, 0.717) is 5.56 Å². The van der Waals surface area contributed by atoms with Crippen LogP contribution in [0.3, 0.4) is 0 Å². The molecule has 114 valence electrons. The van der Waals surface area contributed by atoms with Gasteiger partial charge in [-0.15, -0.1) is 0 Å². The minimum Gasteiger partial charge on any atom is -0.462 e. The van der Waals surface area contributed by atoms with Gasteiger partial charge in [-0.1, -0.05) is 0 Å². The van der Waals surface area contributed by atoms with E-state index in [4.69, 9.17) is 15.2 Å². The predicted octanol–water partition coefficient (Wildman–Crippen LogP) is 1.94. The molecular formula is C13H12N4O5. The van der Waals surface area contributed by atoms with Crippen molar-refractivity contribution in [3.05, 3.63) is 46.3 Å². The van der Waals surface area contributed by atoms with E-state index < -0.39 is 16.6 Å². The van der Waals surface area contributed by atoms with Crippen molar-refractivity contribution in [1.82, 2.24) is 9.97 Å². The van der Waals surface area contributed by atoms with E-state index in [2.05, 4.69) is 9.97 Å². The number of rotatable bonds is 5. The summed E-state index contributed by atoms with van der Waals surface area (Å²) >= 11 is 0. The zero-order valence-corrected chi connectivity index (χ0v) is 11.6. The summed E-state index contributed by atoms with van der Waals surface area (Å²) in [5.41, 5.74) is 5.26. The molecule has 0 saturated carbocycles. The number of hydrogen-bond donors (Lipinski definition) is 1. The van der Waals surface area contributed by atoms with Crippen LogP contribution in [0, 0.1) is 10.1 Å². The van der Waals surface area contributed by atoms with Crippen molar-refractivity contribution < 1.29 is 19.2 Å². The Labute approximate surface area is 124 Å². The maximum Gasteiger partial charge on any atom is 0.372 e. The highest BCUT2D eigenvalue weighted by Crippen LogP contribution is 2.32. The molecule has 0 unspecified atom stereocenters. The average Bonchev–Trinajstić information content (AvgIpc) is 2.48. The first-order valence-corrected chi connectivity index (χ1v) is 6.22. The van der Waals surface area contributed by atoms with Crippen molar-refractivity contribution in [2.75, 3.05) is 12.3 Å². The lowest BCUT2D eigenvalue weighted by molar-refractivity contribution is -0.385. The maximum atomic E-state index is 11.5. The summed E-state index contributed by atoms with van der Waals surface area (Å²) < 4.78 is 10.2. The standard InChI is InChI=1S/C13H12N4O5/c1-2-21-13(18)8-3-5-9(6-4-8)22-12-10(17(19)20)11(14)15-7-16-12/h3-7H,2H2,1H3,(H2,14,15,16). The van der Waals surface area contributed by atoms with Crippen LogP contribution in [-0.4, -0.2) is 27.5 Å². The van der Waals surface area contributed by atoms with Crippen LogP contribution in [-0.2, 0) is 4.74 Å². The van der Waals surface area contributed by atoms with Crippen LogP contribution in [0.1, 0.15) is 17.3 Å². The molecule has 0 saturated heterocycles. The van der Waals surface area contributed by atoms with Gasteiger partial charge >= 0.3 is 17.5 Å². The van der Waals surface area contributed by atoms with Crippen molar-refractivity contribution in [2.45, 2.75) is 6.92 Å². The molecule has 9 nitrogen and oxygen atoms in total. The second-order valence-electron chi connectivity index (χ2n) is 4.02. The van der Waals surface area contributed by atoms with Gasteiger partial charge in [-0.2, -0.15) is 4.98 Å².